The molecule has 2 aromatic carbocycles. The highest BCUT2D eigenvalue weighted by atomic mass is 32.2. The van der Waals surface area contributed by atoms with Gasteiger partial charge in [0, 0.05) is 17.2 Å². The molecule has 0 aromatic heterocycles. The molecule has 2 aromatic rings. The van der Waals surface area contributed by atoms with Crippen LogP contribution in [0.5, 0.6) is 0 Å². The van der Waals surface area contributed by atoms with E-state index >= 15 is 0 Å². The SMILES string of the molecule is Cc1ccc(C)c(SCc2cccc(CN)c2)c1. The number of nitrogens with two attached hydrogens (primary N) is 1. The van der Waals surface area contributed by atoms with Crippen LogP contribution in [0.2, 0.25) is 0 Å². The van der Waals surface area contributed by atoms with Crippen LogP contribution in [-0.2, 0) is 12.3 Å². The van der Waals surface area contributed by atoms with Crippen molar-refractivity contribution in [1.29, 1.82) is 0 Å². The van der Waals surface area contributed by atoms with Gasteiger partial charge in [-0.05, 0) is 36.6 Å². The van der Waals surface area contributed by atoms with E-state index in [0.29, 0.717) is 6.54 Å². The summed E-state index contributed by atoms with van der Waals surface area (Å²) in [6, 6.07) is 15.1. The number of rotatable bonds is 4. The summed E-state index contributed by atoms with van der Waals surface area (Å²) in [6.07, 6.45) is 0. The monoisotopic (exact) mass is 257 g/mol. The second-order valence-electron chi connectivity index (χ2n) is 4.58. The lowest BCUT2D eigenvalue weighted by Gasteiger charge is -2.07. The Morgan fingerprint density at radius 2 is 1.78 bits per heavy atom. The van der Waals surface area contributed by atoms with Crippen molar-refractivity contribution in [2.45, 2.75) is 31.0 Å². The van der Waals surface area contributed by atoms with Gasteiger partial charge in [0.2, 0.25) is 0 Å². The molecule has 2 N–H and O–H groups in total. The normalized spacial score (nSPS) is 10.6. The lowest BCUT2D eigenvalue weighted by molar-refractivity contribution is 1.06. The molecule has 1 nitrogen and oxygen atoms in total. The van der Waals surface area contributed by atoms with Gasteiger partial charge in [0.15, 0.2) is 0 Å². The molecule has 0 bridgehead atoms. The first-order valence-corrected chi connectivity index (χ1v) is 7.15. The molecule has 0 spiro atoms. The third-order valence-corrected chi connectivity index (χ3v) is 4.19. The smallest absolute Gasteiger partial charge is 0.0232 e. The van der Waals surface area contributed by atoms with Crippen LogP contribution in [0, 0.1) is 13.8 Å². The highest BCUT2D eigenvalue weighted by Gasteiger charge is 2.01. The molecule has 0 radical (unpaired) electrons. The number of aryl methyl sites for hydroxylation is 2. The van der Waals surface area contributed by atoms with Gasteiger partial charge in [-0.25, -0.2) is 0 Å². The fraction of sp³-hybridized carbons (Fsp3) is 0.250. The Morgan fingerprint density at radius 1 is 1.00 bits per heavy atom. The van der Waals surface area contributed by atoms with Crippen LogP contribution in [0.1, 0.15) is 22.3 Å². The van der Waals surface area contributed by atoms with Crippen molar-refractivity contribution in [1.82, 2.24) is 0 Å². The van der Waals surface area contributed by atoms with E-state index in [-0.39, 0.29) is 0 Å². The minimum atomic E-state index is 0.613. The predicted octanol–water partition coefficient (Wildman–Crippen LogP) is 4.05. The van der Waals surface area contributed by atoms with Crippen molar-refractivity contribution >= 4 is 11.8 Å². The number of hydrogen-bond donors (Lipinski definition) is 1. The molecule has 0 amide bonds. The summed E-state index contributed by atoms with van der Waals surface area (Å²) < 4.78 is 0. The molecule has 94 valence electrons. The van der Waals surface area contributed by atoms with Gasteiger partial charge in [0.1, 0.15) is 0 Å². The standard InChI is InChI=1S/C16H19NS/c1-12-6-7-13(2)16(8-12)18-11-15-5-3-4-14(9-15)10-17/h3-9H,10-11,17H2,1-2H3. The zero-order valence-corrected chi connectivity index (χ0v) is 11.8. The van der Waals surface area contributed by atoms with Gasteiger partial charge in [-0.15, -0.1) is 11.8 Å². The van der Waals surface area contributed by atoms with E-state index in [1.54, 1.807) is 0 Å². The van der Waals surface area contributed by atoms with Crippen LogP contribution in [0.4, 0.5) is 0 Å². The highest BCUT2D eigenvalue weighted by molar-refractivity contribution is 7.98. The quantitative estimate of drug-likeness (QED) is 0.836. The summed E-state index contributed by atoms with van der Waals surface area (Å²) >= 11 is 1.89. The summed E-state index contributed by atoms with van der Waals surface area (Å²) in [7, 11) is 0. The molecule has 0 aliphatic heterocycles. The van der Waals surface area contributed by atoms with Crippen LogP contribution in [0.25, 0.3) is 0 Å². The minimum Gasteiger partial charge on any atom is -0.326 e. The summed E-state index contributed by atoms with van der Waals surface area (Å²) in [5.41, 5.74) is 10.9. The van der Waals surface area contributed by atoms with E-state index in [0.717, 1.165) is 5.75 Å². The van der Waals surface area contributed by atoms with Crippen molar-refractivity contribution in [3.05, 3.63) is 64.7 Å². The third-order valence-electron chi connectivity index (χ3n) is 2.97. The molecular weight excluding hydrogens is 238 g/mol. The van der Waals surface area contributed by atoms with Crippen molar-refractivity contribution in [2.75, 3.05) is 0 Å². The van der Waals surface area contributed by atoms with Gasteiger partial charge >= 0.3 is 0 Å². The fourth-order valence-corrected chi connectivity index (χ4v) is 2.94. The maximum Gasteiger partial charge on any atom is 0.0232 e. The first-order valence-electron chi connectivity index (χ1n) is 6.17. The third kappa shape index (κ3) is 3.37. The van der Waals surface area contributed by atoms with Crippen LogP contribution in [-0.4, -0.2) is 0 Å². The van der Waals surface area contributed by atoms with E-state index in [4.69, 9.17) is 5.73 Å². The van der Waals surface area contributed by atoms with Crippen molar-refractivity contribution in [3.8, 4) is 0 Å². The summed E-state index contributed by atoms with van der Waals surface area (Å²) in [4.78, 5) is 1.37. The first kappa shape index (κ1) is 13.2. The van der Waals surface area contributed by atoms with Gasteiger partial charge in [0.25, 0.3) is 0 Å². The Balaban J connectivity index is 2.08. The molecular formula is C16H19NS. The van der Waals surface area contributed by atoms with E-state index in [9.17, 15) is 0 Å². The average molecular weight is 257 g/mol. The molecule has 0 aliphatic carbocycles. The molecule has 0 fully saturated rings. The second kappa shape index (κ2) is 6.07. The van der Waals surface area contributed by atoms with Gasteiger partial charge in [-0.1, -0.05) is 42.0 Å². The number of hydrogen-bond acceptors (Lipinski definition) is 2. The fourth-order valence-electron chi connectivity index (χ4n) is 1.87. The van der Waals surface area contributed by atoms with E-state index < -0.39 is 0 Å². The maximum atomic E-state index is 5.66. The first-order chi connectivity index (χ1) is 8.69. The molecule has 0 atom stereocenters. The van der Waals surface area contributed by atoms with Gasteiger partial charge < -0.3 is 5.73 Å². The Bertz CT molecular complexity index is 534. The van der Waals surface area contributed by atoms with E-state index in [2.05, 4.69) is 56.3 Å². The van der Waals surface area contributed by atoms with Gasteiger partial charge in [0.05, 0.1) is 0 Å². The second-order valence-corrected chi connectivity index (χ2v) is 5.60. The van der Waals surface area contributed by atoms with Crippen molar-refractivity contribution in [2.24, 2.45) is 5.73 Å². The van der Waals surface area contributed by atoms with Crippen LogP contribution >= 0.6 is 11.8 Å². The zero-order chi connectivity index (χ0) is 13.0. The molecule has 0 heterocycles. The molecule has 0 saturated carbocycles. The summed E-state index contributed by atoms with van der Waals surface area (Å²) in [6.45, 7) is 4.92. The van der Waals surface area contributed by atoms with E-state index in [1.807, 2.05) is 11.8 Å². The topological polar surface area (TPSA) is 26.0 Å². The van der Waals surface area contributed by atoms with Gasteiger partial charge in [-0.2, -0.15) is 0 Å². The van der Waals surface area contributed by atoms with E-state index in [1.165, 1.54) is 27.1 Å². The van der Waals surface area contributed by atoms with Gasteiger partial charge in [-0.3, -0.25) is 0 Å². The number of thioether (sulfide) groups is 1. The van der Waals surface area contributed by atoms with Crippen LogP contribution in [0.15, 0.2) is 47.4 Å². The molecule has 0 saturated heterocycles. The molecule has 2 rings (SSSR count). The number of benzene rings is 2. The predicted molar refractivity (Wildman–Crippen MR) is 79.8 cm³/mol. The molecule has 2 heteroatoms. The Morgan fingerprint density at radius 3 is 2.56 bits per heavy atom. The Kier molecular flexibility index (Phi) is 4.45. The molecule has 18 heavy (non-hydrogen) atoms. The summed E-state index contributed by atoms with van der Waals surface area (Å²) in [5, 5.41) is 0. The maximum absolute atomic E-state index is 5.66. The minimum absolute atomic E-state index is 0.613. The lowest BCUT2D eigenvalue weighted by Crippen LogP contribution is -1.96. The largest absolute Gasteiger partial charge is 0.326 e. The highest BCUT2D eigenvalue weighted by Crippen LogP contribution is 2.27. The average Bonchev–Trinajstić information content (AvgIpc) is 2.40. The Hall–Kier alpha value is -1.25. The zero-order valence-electron chi connectivity index (χ0n) is 10.9. The van der Waals surface area contributed by atoms with Crippen molar-refractivity contribution in [3.63, 3.8) is 0 Å². The lowest BCUT2D eigenvalue weighted by atomic mass is 10.1. The summed E-state index contributed by atoms with van der Waals surface area (Å²) in [5.74, 6) is 0.998. The van der Waals surface area contributed by atoms with Crippen LogP contribution < -0.4 is 5.73 Å². The van der Waals surface area contributed by atoms with Crippen LogP contribution in [0.3, 0.4) is 0 Å². The Labute approximate surface area is 113 Å². The van der Waals surface area contributed by atoms with Crippen molar-refractivity contribution < 1.29 is 0 Å². The molecule has 0 unspecified atom stereocenters. The molecule has 0 aliphatic rings.